The zero-order valence-corrected chi connectivity index (χ0v) is 13.1. The molecule has 2 N–H and O–H groups in total. The van der Waals surface area contributed by atoms with Gasteiger partial charge in [-0.05, 0) is 36.4 Å². The number of rotatable bonds is 3. The van der Waals surface area contributed by atoms with E-state index in [1.807, 2.05) is 18.2 Å². The molecule has 2 aromatic carbocycles. The van der Waals surface area contributed by atoms with E-state index in [0.717, 1.165) is 4.47 Å². The van der Waals surface area contributed by atoms with Crippen molar-refractivity contribution in [3.8, 4) is 5.75 Å². The second-order valence-corrected chi connectivity index (χ2v) is 5.79. The molecule has 0 unspecified atom stereocenters. The van der Waals surface area contributed by atoms with Crippen molar-refractivity contribution >= 4 is 39.2 Å². The van der Waals surface area contributed by atoms with Crippen molar-refractivity contribution in [1.82, 2.24) is 0 Å². The summed E-state index contributed by atoms with van der Waals surface area (Å²) in [6.07, 6.45) is 0.00321. The molecule has 1 aliphatic heterocycles. The molecule has 22 heavy (non-hydrogen) atoms. The summed E-state index contributed by atoms with van der Waals surface area (Å²) in [4.78, 5) is 24.0. The summed E-state index contributed by atoms with van der Waals surface area (Å²) in [5.41, 5.74) is 1.39. The summed E-state index contributed by atoms with van der Waals surface area (Å²) in [6, 6.07) is 13.7. The van der Waals surface area contributed by atoms with Crippen LogP contribution >= 0.6 is 15.9 Å². The highest BCUT2D eigenvalue weighted by molar-refractivity contribution is 9.10. The molecule has 1 aliphatic rings. The molecular formula is C16H13BrN2O3. The van der Waals surface area contributed by atoms with Gasteiger partial charge in [0.05, 0.1) is 12.1 Å². The first-order valence-corrected chi connectivity index (χ1v) is 7.54. The number of halogens is 1. The van der Waals surface area contributed by atoms with Gasteiger partial charge in [-0.15, -0.1) is 0 Å². The molecule has 6 heteroatoms. The summed E-state index contributed by atoms with van der Waals surface area (Å²) < 4.78 is 6.15. The third-order valence-corrected chi connectivity index (χ3v) is 3.76. The molecule has 0 radical (unpaired) electrons. The van der Waals surface area contributed by atoms with Crippen LogP contribution in [0.2, 0.25) is 0 Å². The number of carbonyl (C=O) groups excluding carboxylic acids is 2. The number of ether oxygens (including phenoxy) is 1. The first-order valence-electron chi connectivity index (χ1n) is 6.74. The highest BCUT2D eigenvalue weighted by Crippen LogP contribution is 2.29. The average molecular weight is 361 g/mol. The molecule has 5 nitrogen and oxygen atoms in total. The normalized spacial score (nSPS) is 16.2. The van der Waals surface area contributed by atoms with Crippen molar-refractivity contribution in [2.45, 2.75) is 12.5 Å². The minimum atomic E-state index is -0.689. The molecule has 112 valence electrons. The fourth-order valence-electron chi connectivity index (χ4n) is 2.17. The van der Waals surface area contributed by atoms with Gasteiger partial charge in [0.2, 0.25) is 5.91 Å². The molecule has 2 aromatic rings. The maximum atomic E-state index is 12.1. The van der Waals surface area contributed by atoms with Crippen molar-refractivity contribution in [3.63, 3.8) is 0 Å². The molecule has 1 atom stereocenters. The van der Waals surface area contributed by atoms with Crippen LogP contribution in [-0.4, -0.2) is 17.9 Å². The number of esters is 1. The summed E-state index contributed by atoms with van der Waals surface area (Å²) >= 11 is 3.33. The number of benzene rings is 2. The molecule has 0 saturated carbocycles. The second-order valence-electron chi connectivity index (χ2n) is 4.87. The van der Waals surface area contributed by atoms with Crippen LogP contribution in [0.4, 0.5) is 11.4 Å². The van der Waals surface area contributed by atoms with Gasteiger partial charge in [0.25, 0.3) is 0 Å². The van der Waals surface area contributed by atoms with E-state index in [2.05, 4.69) is 26.6 Å². The third kappa shape index (κ3) is 3.28. The first kappa shape index (κ1) is 14.6. The van der Waals surface area contributed by atoms with Gasteiger partial charge < -0.3 is 15.4 Å². The Morgan fingerprint density at radius 3 is 2.68 bits per heavy atom. The van der Waals surface area contributed by atoms with Crippen LogP contribution in [0.25, 0.3) is 0 Å². The summed E-state index contributed by atoms with van der Waals surface area (Å²) in [7, 11) is 0. The molecule has 0 fully saturated rings. The number of amides is 1. The van der Waals surface area contributed by atoms with Gasteiger partial charge in [-0.1, -0.05) is 28.1 Å². The molecule has 3 rings (SSSR count). The Morgan fingerprint density at radius 1 is 1.18 bits per heavy atom. The number of nitrogens with one attached hydrogen (secondary N) is 2. The Morgan fingerprint density at radius 2 is 1.91 bits per heavy atom. The van der Waals surface area contributed by atoms with Gasteiger partial charge in [0.15, 0.2) is 5.75 Å². The molecular weight excluding hydrogens is 348 g/mol. The lowest BCUT2D eigenvalue weighted by atomic mass is 10.1. The van der Waals surface area contributed by atoms with Crippen LogP contribution in [-0.2, 0) is 9.59 Å². The molecule has 0 aliphatic carbocycles. The summed E-state index contributed by atoms with van der Waals surface area (Å²) in [6.45, 7) is 0. The average Bonchev–Trinajstić information content (AvgIpc) is 2.50. The Bertz CT molecular complexity index is 716. The van der Waals surface area contributed by atoms with Gasteiger partial charge in [0, 0.05) is 10.2 Å². The largest absolute Gasteiger partial charge is 0.423 e. The lowest BCUT2D eigenvalue weighted by Crippen LogP contribution is -2.39. The van der Waals surface area contributed by atoms with Crippen LogP contribution < -0.4 is 15.4 Å². The minimum Gasteiger partial charge on any atom is -0.423 e. The number of anilines is 2. The van der Waals surface area contributed by atoms with Crippen molar-refractivity contribution < 1.29 is 14.3 Å². The van der Waals surface area contributed by atoms with Gasteiger partial charge >= 0.3 is 5.97 Å². The second kappa shape index (κ2) is 6.19. The van der Waals surface area contributed by atoms with Crippen LogP contribution in [0.1, 0.15) is 6.42 Å². The highest BCUT2D eigenvalue weighted by atomic mass is 79.9. The zero-order valence-electron chi connectivity index (χ0n) is 11.5. The van der Waals surface area contributed by atoms with Crippen LogP contribution in [0.15, 0.2) is 53.0 Å². The Kier molecular flexibility index (Phi) is 4.11. The number of hydrogen-bond donors (Lipinski definition) is 2. The van der Waals surface area contributed by atoms with E-state index in [1.165, 1.54) is 0 Å². The fraction of sp³-hybridized carbons (Fsp3) is 0.125. The fourth-order valence-corrected chi connectivity index (χ4v) is 2.43. The standard InChI is InChI=1S/C16H13BrN2O3/c17-10-5-7-11(8-6-10)18-15(20)9-13-16(21)22-14-4-2-1-3-12(14)19-13/h1-8,13,19H,9H2,(H,18,20)/t13-/m1/s1. The quantitative estimate of drug-likeness (QED) is 0.651. The lowest BCUT2D eigenvalue weighted by molar-refractivity contribution is -0.137. The molecule has 0 aromatic heterocycles. The summed E-state index contributed by atoms with van der Waals surface area (Å²) in [5.74, 6) is -0.224. The van der Waals surface area contributed by atoms with Crippen molar-refractivity contribution in [3.05, 3.63) is 53.0 Å². The monoisotopic (exact) mass is 360 g/mol. The SMILES string of the molecule is O=C(C[C@H]1Nc2ccccc2OC1=O)Nc1ccc(Br)cc1. The highest BCUT2D eigenvalue weighted by Gasteiger charge is 2.29. The van der Waals surface area contributed by atoms with E-state index in [4.69, 9.17) is 4.74 Å². The van der Waals surface area contributed by atoms with E-state index in [0.29, 0.717) is 17.1 Å². The Hall–Kier alpha value is -2.34. The molecule has 0 spiro atoms. The zero-order chi connectivity index (χ0) is 15.5. The maximum Gasteiger partial charge on any atom is 0.334 e. The van der Waals surface area contributed by atoms with E-state index in [-0.39, 0.29) is 12.3 Å². The predicted molar refractivity (Wildman–Crippen MR) is 86.9 cm³/mol. The number of fused-ring (bicyclic) bond motifs is 1. The van der Waals surface area contributed by atoms with Crippen molar-refractivity contribution in [2.24, 2.45) is 0 Å². The van der Waals surface area contributed by atoms with Gasteiger partial charge in [-0.3, -0.25) is 4.79 Å². The third-order valence-electron chi connectivity index (χ3n) is 3.23. The van der Waals surface area contributed by atoms with Gasteiger partial charge in [-0.2, -0.15) is 0 Å². The number of carbonyl (C=O) groups is 2. The smallest absolute Gasteiger partial charge is 0.334 e. The Labute approximate surface area is 135 Å². The van der Waals surface area contributed by atoms with Gasteiger partial charge in [-0.25, -0.2) is 4.79 Å². The Balaban J connectivity index is 1.64. The van der Waals surface area contributed by atoms with Crippen LogP contribution in [0.3, 0.4) is 0 Å². The number of hydrogen-bond acceptors (Lipinski definition) is 4. The predicted octanol–water partition coefficient (Wildman–Crippen LogP) is 3.18. The molecule has 1 amide bonds. The van der Waals surface area contributed by atoms with E-state index < -0.39 is 12.0 Å². The van der Waals surface area contributed by atoms with E-state index in [9.17, 15) is 9.59 Å². The van der Waals surface area contributed by atoms with Crippen LogP contribution in [0.5, 0.6) is 5.75 Å². The maximum absolute atomic E-state index is 12.1. The van der Waals surface area contributed by atoms with E-state index in [1.54, 1.807) is 30.3 Å². The lowest BCUT2D eigenvalue weighted by Gasteiger charge is -2.24. The van der Waals surface area contributed by atoms with Crippen molar-refractivity contribution in [2.75, 3.05) is 10.6 Å². The summed E-state index contributed by atoms with van der Waals surface area (Å²) in [5, 5.41) is 5.78. The van der Waals surface area contributed by atoms with Crippen molar-refractivity contribution in [1.29, 1.82) is 0 Å². The van der Waals surface area contributed by atoms with Crippen LogP contribution in [0, 0.1) is 0 Å². The first-order chi connectivity index (χ1) is 10.6. The number of para-hydroxylation sites is 2. The minimum absolute atomic E-state index is 0.00321. The van der Waals surface area contributed by atoms with E-state index >= 15 is 0 Å². The molecule has 1 heterocycles. The molecule has 0 saturated heterocycles. The van der Waals surface area contributed by atoms with Gasteiger partial charge in [0.1, 0.15) is 6.04 Å². The topological polar surface area (TPSA) is 67.4 Å². The molecule has 0 bridgehead atoms.